The highest BCUT2D eigenvalue weighted by molar-refractivity contribution is 7.99. The molecule has 15 heavy (non-hydrogen) atoms. The van der Waals surface area contributed by atoms with E-state index in [4.69, 9.17) is 10.8 Å². The fourth-order valence-corrected chi connectivity index (χ4v) is 2.15. The van der Waals surface area contributed by atoms with Gasteiger partial charge in [0.15, 0.2) is 0 Å². The lowest BCUT2D eigenvalue weighted by atomic mass is 10.2. The maximum absolute atomic E-state index is 13.3. The van der Waals surface area contributed by atoms with Gasteiger partial charge in [-0.3, -0.25) is 0 Å². The zero-order chi connectivity index (χ0) is 11.3. The number of nitrogens with two attached hydrogens (primary N) is 1. The maximum atomic E-state index is 13.3. The highest BCUT2D eigenvalue weighted by Crippen LogP contribution is 2.22. The second-order valence-corrected chi connectivity index (χ2v) is 4.91. The van der Waals surface area contributed by atoms with Crippen LogP contribution in [-0.4, -0.2) is 17.0 Å². The van der Waals surface area contributed by atoms with Gasteiger partial charge in [0.05, 0.1) is 0 Å². The molecule has 0 aromatic heterocycles. The Labute approximate surface area is 93.7 Å². The van der Waals surface area contributed by atoms with Crippen molar-refractivity contribution < 1.29 is 9.50 Å². The van der Waals surface area contributed by atoms with Crippen LogP contribution in [0.1, 0.15) is 18.9 Å². The van der Waals surface area contributed by atoms with Gasteiger partial charge in [-0.05, 0) is 24.1 Å². The van der Waals surface area contributed by atoms with Crippen molar-refractivity contribution in [2.24, 2.45) is 0 Å². The van der Waals surface area contributed by atoms with E-state index in [-0.39, 0.29) is 12.4 Å². The number of aliphatic hydroxyl groups is 1. The number of thioether (sulfide) groups is 1. The van der Waals surface area contributed by atoms with Crippen LogP contribution in [-0.2, 0) is 5.75 Å². The molecular formula is C11H16FNOS. The van der Waals surface area contributed by atoms with E-state index in [1.807, 2.05) is 6.92 Å². The maximum Gasteiger partial charge on any atom is 0.129 e. The van der Waals surface area contributed by atoms with Gasteiger partial charge in [0.25, 0.3) is 0 Å². The van der Waals surface area contributed by atoms with E-state index in [0.29, 0.717) is 22.3 Å². The lowest BCUT2D eigenvalue weighted by Gasteiger charge is -2.09. The number of hydrogen-bond acceptors (Lipinski definition) is 3. The minimum atomic E-state index is -0.251. The Morgan fingerprint density at radius 3 is 2.87 bits per heavy atom. The molecule has 0 saturated heterocycles. The second kappa shape index (κ2) is 5.98. The van der Waals surface area contributed by atoms with Crippen molar-refractivity contribution in [3.63, 3.8) is 0 Å². The van der Waals surface area contributed by atoms with E-state index in [9.17, 15) is 4.39 Å². The van der Waals surface area contributed by atoms with Crippen LogP contribution in [0.15, 0.2) is 18.2 Å². The van der Waals surface area contributed by atoms with Crippen LogP contribution in [0.25, 0.3) is 0 Å². The molecule has 0 radical (unpaired) electrons. The molecule has 0 spiro atoms. The number of anilines is 1. The van der Waals surface area contributed by atoms with Crippen molar-refractivity contribution in [3.8, 4) is 0 Å². The molecule has 0 heterocycles. The van der Waals surface area contributed by atoms with E-state index >= 15 is 0 Å². The molecule has 0 aliphatic heterocycles. The highest BCUT2D eigenvalue weighted by atomic mass is 32.2. The number of nitrogen functional groups attached to an aromatic ring is 1. The summed E-state index contributed by atoms with van der Waals surface area (Å²) in [7, 11) is 0. The van der Waals surface area contributed by atoms with Crippen LogP contribution < -0.4 is 5.73 Å². The molecule has 0 bridgehead atoms. The minimum absolute atomic E-state index is 0.179. The van der Waals surface area contributed by atoms with Gasteiger partial charge in [-0.2, -0.15) is 11.8 Å². The summed E-state index contributed by atoms with van der Waals surface area (Å²) in [5, 5.41) is 9.06. The first-order chi connectivity index (χ1) is 7.13. The quantitative estimate of drug-likeness (QED) is 0.762. The fraction of sp³-hybridized carbons (Fsp3) is 0.455. The highest BCUT2D eigenvalue weighted by Gasteiger charge is 2.06. The topological polar surface area (TPSA) is 46.2 Å². The van der Waals surface area contributed by atoms with Crippen molar-refractivity contribution in [1.82, 2.24) is 0 Å². The van der Waals surface area contributed by atoms with E-state index in [2.05, 4.69) is 0 Å². The summed E-state index contributed by atoms with van der Waals surface area (Å²) in [5.74, 6) is 0.367. The molecule has 0 amide bonds. The SMILES string of the molecule is CC(CCO)SCc1ccc(N)cc1F. The zero-order valence-electron chi connectivity index (χ0n) is 8.74. The zero-order valence-corrected chi connectivity index (χ0v) is 9.56. The largest absolute Gasteiger partial charge is 0.399 e. The molecule has 3 N–H and O–H groups in total. The summed E-state index contributed by atoms with van der Waals surface area (Å²) < 4.78 is 13.3. The Bertz CT molecular complexity index is 319. The molecule has 0 saturated carbocycles. The first kappa shape index (κ1) is 12.3. The Kier molecular flexibility index (Phi) is 4.91. The standard InChI is InChI=1S/C11H16FNOS/c1-8(4-5-14)15-7-9-2-3-10(13)6-11(9)12/h2-3,6,8,14H,4-5,7,13H2,1H3. The van der Waals surface area contributed by atoms with Crippen molar-refractivity contribution in [2.75, 3.05) is 12.3 Å². The summed E-state index contributed by atoms with van der Waals surface area (Å²) >= 11 is 1.63. The number of rotatable bonds is 5. The van der Waals surface area contributed by atoms with Crippen molar-refractivity contribution in [1.29, 1.82) is 0 Å². The Balaban J connectivity index is 2.50. The first-order valence-corrected chi connectivity index (χ1v) is 5.94. The van der Waals surface area contributed by atoms with Gasteiger partial charge in [-0.25, -0.2) is 4.39 Å². The molecule has 1 unspecified atom stereocenters. The Morgan fingerprint density at radius 1 is 1.53 bits per heavy atom. The van der Waals surface area contributed by atoms with Crippen LogP contribution in [0.2, 0.25) is 0 Å². The number of benzene rings is 1. The molecule has 4 heteroatoms. The van der Waals surface area contributed by atoms with Gasteiger partial charge >= 0.3 is 0 Å². The monoisotopic (exact) mass is 229 g/mol. The first-order valence-electron chi connectivity index (χ1n) is 4.90. The third-order valence-corrected chi connectivity index (χ3v) is 3.42. The third-order valence-electron chi connectivity index (χ3n) is 2.14. The van der Waals surface area contributed by atoms with Gasteiger partial charge in [0.1, 0.15) is 5.82 Å². The second-order valence-electron chi connectivity index (χ2n) is 3.48. The minimum Gasteiger partial charge on any atom is -0.399 e. The van der Waals surface area contributed by atoms with E-state index in [1.165, 1.54) is 6.07 Å². The third kappa shape index (κ3) is 4.10. The lowest BCUT2D eigenvalue weighted by molar-refractivity contribution is 0.289. The molecule has 1 aromatic rings. The Hall–Kier alpha value is -0.740. The van der Waals surface area contributed by atoms with E-state index < -0.39 is 0 Å². The normalized spacial score (nSPS) is 12.7. The average molecular weight is 229 g/mol. The lowest BCUT2D eigenvalue weighted by Crippen LogP contribution is -2.01. The van der Waals surface area contributed by atoms with E-state index in [1.54, 1.807) is 23.9 Å². The van der Waals surface area contributed by atoms with Gasteiger partial charge in [0, 0.05) is 23.3 Å². The van der Waals surface area contributed by atoms with E-state index in [0.717, 1.165) is 6.42 Å². The molecule has 1 atom stereocenters. The van der Waals surface area contributed by atoms with Crippen LogP contribution in [0.5, 0.6) is 0 Å². The molecule has 1 rings (SSSR count). The molecule has 1 aromatic carbocycles. The summed E-state index contributed by atoms with van der Waals surface area (Å²) in [6.45, 7) is 2.20. The predicted molar refractivity (Wildman–Crippen MR) is 63.3 cm³/mol. The van der Waals surface area contributed by atoms with Gasteiger partial charge in [-0.15, -0.1) is 0 Å². The summed E-state index contributed by atoms with van der Waals surface area (Å²) in [6, 6.07) is 4.76. The molecule has 0 aliphatic rings. The molecule has 2 nitrogen and oxygen atoms in total. The molecule has 84 valence electrons. The number of aliphatic hydroxyl groups excluding tert-OH is 1. The molecule has 0 fully saturated rings. The van der Waals surface area contributed by atoms with Gasteiger partial charge < -0.3 is 10.8 Å². The van der Waals surface area contributed by atoms with Crippen molar-refractivity contribution in [2.45, 2.75) is 24.3 Å². The fourth-order valence-electron chi connectivity index (χ4n) is 1.18. The summed E-state index contributed by atoms with van der Waals surface area (Å²) in [4.78, 5) is 0. The smallest absolute Gasteiger partial charge is 0.129 e. The predicted octanol–water partition coefficient (Wildman–Crippen LogP) is 2.41. The molecule has 0 aliphatic carbocycles. The van der Waals surface area contributed by atoms with Crippen molar-refractivity contribution in [3.05, 3.63) is 29.6 Å². The van der Waals surface area contributed by atoms with Crippen LogP contribution in [0, 0.1) is 5.82 Å². The van der Waals surface area contributed by atoms with Crippen LogP contribution in [0.3, 0.4) is 0 Å². The van der Waals surface area contributed by atoms with Gasteiger partial charge in [-0.1, -0.05) is 13.0 Å². The molecular weight excluding hydrogens is 213 g/mol. The van der Waals surface area contributed by atoms with Gasteiger partial charge in [0.2, 0.25) is 0 Å². The summed E-state index contributed by atoms with van der Waals surface area (Å²) in [5.41, 5.74) is 6.57. The van der Waals surface area contributed by atoms with Crippen molar-refractivity contribution >= 4 is 17.4 Å². The van der Waals surface area contributed by atoms with Crippen LogP contribution in [0.4, 0.5) is 10.1 Å². The summed E-state index contributed by atoms with van der Waals surface area (Å²) in [6.07, 6.45) is 0.737. The number of hydrogen-bond donors (Lipinski definition) is 2. The number of halogens is 1. The Morgan fingerprint density at radius 2 is 2.27 bits per heavy atom. The average Bonchev–Trinajstić information content (AvgIpc) is 2.17. The van der Waals surface area contributed by atoms with Crippen LogP contribution >= 0.6 is 11.8 Å².